The topological polar surface area (TPSA) is 30.9 Å². The second kappa shape index (κ2) is 4.02. The van der Waals surface area contributed by atoms with Crippen molar-refractivity contribution in [2.75, 3.05) is 0 Å². The summed E-state index contributed by atoms with van der Waals surface area (Å²) in [6.07, 6.45) is -4.35. The number of fused-ring (bicyclic) bond motifs is 1. The Morgan fingerprint density at radius 2 is 1.89 bits per heavy atom. The van der Waals surface area contributed by atoms with E-state index in [-0.39, 0.29) is 11.6 Å². The number of nitrogens with two attached hydrogens (primary N) is 1. The van der Waals surface area contributed by atoms with Crippen LogP contribution in [0.2, 0.25) is 0 Å². The summed E-state index contributed by atoms with van der Waals surface area (Å²) in [7, 11) is 1.63. The number of rotatable bonds is 1. The van der Waals surface area contributed by atoms with Crippen LogP contribution >= 0.6 is 0 Å². The van der Waals surface area contributed by atoms with Gasteiger partial charge in [0, 0.05) is 24.2 Å². The fraction of sp³-hybridized carbons (Fsp3) is 0.385. The molecule has 0 bridgehead atoms. The lowest BCUT2D eigenvalue weighted by Crippen LogP contribution is -2.12. The molecule has 0 spiro atoms. The van der Waals surface area contributed by atoms with Gasteiger partial charge in [-0.15, -0.1) is 0 Å². The normalized spacial score (nSPS) is 14.2. The lowest BCUT2D eigenvalue weighted by Gasteiger charge is -2.12. The highest BCUT2D eigenvalue weighted by molar-refractivity contribution is 5.88. The van der Waals surface area contributed by atoms with Gasteiger partial charge in [0.1, 0.15) is 0 Å². The van der Waals surface area contributed by atoms with Gasteiger partial charge in [-0.1, -0.05) is 12.1 Å². The van der Waals surface area contributed by atoms with E-state index < -0.39 is 11.7 Å². The zero-order chi connectivity index (χ0) is 13.7. The molecule has 2 aromatic rings. The van der Waals surface area contributed by atoms with Crippen molar-refractivity contribution in [2.45, 2.75) is 26.1 Å². The third-order valence-electron chi connectivity index (χ3n) is 3.26. The van der Waals surface area contributed by atoms with Gasteiger partial charge in [0.25, 0.3) is 0 Å². The van der Waals surface area contributed by atoms with Crippen molar-refractivity contribution in [1.29, 1.82) is 0 Å². The van der Waals surface area contributed by atoms with Crippen LogP contribution < -0.4 is 5.73 Å². The molecule has 2 nitrogen and oxygen atoms in total. The van der Waals surface area contributed by atoms with Crippen LogP contribution in [0.4, 0.5) is 13.2 Å². The number of aryl methyl sites for hydroxylation is 2. The predicted octanol–water partition coefficient (Wildman–Crippen LogP) is 3.53. The largest absolute Gasteiger partial charge is 0.418 e. The van der Waals surface area contributed by atoms with Crippen molar-refractivity contribution in [3.8, 4) is 0 Å². The average molecular weight is 256 g/mol. The maximum absolute atomic E-state index is 13.0. The minimum atomic E-state index is -4.35. The van der Waals surface area contributed by atoms with Gasteiger partial charge < -0.3 is 10.3 Å². The Kier molecular flexibility index (Phi) is 2.89. The van der Waals surface area contributed by atoms with E-state index in [0.717, 1.165) is 17.3 Å². The molecule has 1 aromatic carbocycles. The summed E-state index contributed by atoms with van der Waals surface area (Å²) >= 11 is 0. The smallest absolute Gasteiger partial charge is 0.345 e. The Morgan fingerprint density at radius 1 is 1.28 bits per heavy atom. The molecule has 18 heavy (non-hydrogen) atoms. The highest BCUT2D eigenvalue weighted by atomic mass is 19.4. The first-order valence-electron chi connectivity index (χ1n) is 5.65. The second-order valence-corrected chi connectivity index (χ2v) is 4.56. The number of benzene rings is 1. The lowest BCUT2D eigenvalue weighted by atomic mass is 10.1. The van der Waals surface area contributed by atoms with E-state index >= 15 is 0 Å². The Labute approximate surface area is 103 Å². The van der Waals surface area contributed by atoms with Gasteiger partial charge in [0.05, 0.1) is 11.1 Å². The Balaban J connectivity index is 2.91. The summed E-state index contributed by atoms with van der Waals surface area (Å²) in [5.41, 5.74) is 6.98. The maximum atomic E-state index is 13.0. The second-order valence-electron chi connectivity index (χ2n) is 4.56. The van der Waals surface area contributed by atoms with Crippen LogP contribution in [0.5, 0.6) is 0 Å². The highest BCUT2D eigenvalue weighted by Gasteiger charge is 2.34. The standard InChI is InChI=1S/C13H15F3N2/c1-7-9-5-4-6-10(13(14,15)16)12(9)18(3)11(7)8(2)17/h4-6,8H,17H2,1-3H3. The van der Waals surface area contributed by atoms with E-state index in [4.69, 9.17) is 5.73 Å². The minimum absolute atomic E-state index is 0.204. The molecule has 1 atom stereocenters. The van der Waals surface area contributed by atoms with Gasteiger partial charge in [0.15, 0.2) is 0 Å². The van der Waals surface area contributed by atoms with E-state index in [1.807, 2.05) is 0 Å². The van der Waals surface area contributed by atoms with Crippen molar-refractivity contribution in [3.63, 3.8) is 0 Å². The maximum Gasteiger partial charge on any atom is 0.418 e. The van der Waals surface area contributed by atoms with Crippen LogP contribution in [-0.2, 0) is 13.2 Å². The fourth-order valence-corrected chi connectivity index (χ4v) is 2.59. The SMILES string of the molecule is Cc1c(C(C)N)n(C)c2c(C(F)(F)F)cccc12. The average Bonchev–Trinajstić information content (AvgIpc) is 2.50. The molecule has 0 saturated heterocycles. The molecule has 0 aliphatic heterocycles. The van der Waals surface area contributed by atoms with Gasteiger partial charge in [-0.2, -0.15) is 13.2 Å². The first-order valence-corrected chi connectivity index (χ1v) is 5.65. The van der Waals surface area contributed by atoms with Crippen molar-refractivity contribution < 1.29 is 13.2 Å². The molecule has 2 rings (SSSR count). The van der Waals surface area contributed by atoms with Gasteiger partial charge >= 0.3 is 6.18 Å². The van der Waals surface area contributed by atoms with E-state index in [2.05, 4.69) is 0 Å². The summed E-state index contributed by atoms with van der Waals surface area (Å²) in [4.78, 5) is 0. The van der Waals surface area contributed by atoms with Gasteiger partial charge in [-0.3, -0.25) is 0 Å². The molecular weight excluding hydrogens is 241 g/mol. The van der Waals surface area contributed by atoms with Crippen molar-refractivity contribution in [2.24, 2.45) is 12.8 Å². The van der Waals surface area contributed by atoms with Gasteiger partial charge in [0.2, 0.25) is 0 Å². The third-order valence-corrected chi connectivity index (χ3v) is 3.26. The molecule has 1 unspecified atom stereocenters. The fourth-order valence-electron chi connectivity index (χ4n) is 2.59. The molecule has 1 aromatic heterocycles. The van der Waals surface area contributed by atoms with Crippen LogP contribution in [0.3, 0.4) is 0 Å². The Morgan fingerprint density at radius 3 is 2.39 bits per heavy atom. The van der Waals surface area contributed by atoms with E-state index in [9.17, 15) is 13.2 Å². The lowest BCUT2D eigenvalue weighted by molar-refractivity contribution is -0.136. The van der Waals surface area contributed by atoms with Crippen molar-refractivity contribution in [1.82, 2.24) is 4.57 Å². The first-order chi connectivity index (χ1) is 8.25. The molecule has 0 fully saturated rings. The third kappa shape index (κ3) is 1.79. The predicted molar refractivity (Wildman–Crippen MR) is 65.3 cm³/mol. The first kappa shape index (κ1) is 13.0. The molecule has 2 N–H and O–H groups in total. The number of aromatic nitrogens is 1. The summed E-state index contributed by atoms with van der Waals surface area (Å²) in [6, 6.07) is 3.94. The summed E-state index contributed by atoms with van der Waals surface area (Å²) < 4.78 is 40.5. The molecule has 1 heterocycles. The summed E-state index contributed by atoms with van der Waals surface area (Å²) in [5.74, 6) is 0. The quantitative estimate of drug-likeness (QED) is 0.831. The van der Waals surface area contributed by atoms with Crippen LogP contribution in [0.1, 0.15) is 29.8 Å². The molecular formula is C13H15F3N2. The summed E-state index contributed by atoms with van der Waals surface area (Å²) in [5, 5.41) is 0.611. The van der Waals surface area contributed by atoms with Crippen LogP contribution in [-0.4, -0.2) is 4.57 Å². The van der Waals surface area contributed by atoms with Crippen LogP contribution in [0.25, 0.3) is 10.9 Å². The van der Waals surface area contributed by atoms with E-state index in [1.54, 1.807) is 31.5 Å². The number of hydrogen-bond acceptors (Lipinski definition) is 1. The highest BCUT2D eigenvalue weighted by Crippen LogP contribution is 2.38. The summed E-state index contributed by atoms with van der Waals surface area (Å²) in [6.45, 7) is 3.58. The van der Waals surface area contributed by atoms with Gasteiger partial charge in [-0.25, -0.2) is 0 Å². The monoisotopic (exact) mass is 256 g/mol. The molecule has 98 valence electrons. The zero-order valence-corrected chi connectivity index (χ0v) is 10.5. The molecule has 0 saturated carbocycles. The van der Waals surface area contributed by atoms with Crippen molar-refractivity contribution in [3.05, 3.63) is 35.0 Å². The van der Waals surface area contributed by atoms with Crippen LogP contribution in [0.15, 0.2) is 18.2 Å². The minimum Gasteiger partial charge on any atom is -0.345 e. The van der Waals surface area contributed by atoms with E-state index in [1.165, 1.54) is 6.07 Å². The van der Waals surface area contributed by atoms with Crippen molar-refractivity contribution >= 4 is 10.9 Å². The molecule has 0 amide bonds. The zero-order valence-electron chi connectivity index (χ0n) is 10.5. The molecule has 5 heteroatoms. The van der Waals surface area contributed by atoms with Crippen LogP contribution in [0, 0.1) is 6.92 Å². The molecule has 0 aliphatic rings. The Bertz CT molecular complexity index is 594. The Hall–Kier alpha value is -1.49. The molecule has 0 aliphatic carbocycles. The molecule has 0 radical (unpaired) electrons. The number of halogens is 3. The number of nitrogens with zero attached hydrogens (tertiary/aromatic N) is 1. The number of alkyl halides is 3. The van der Waals surface area contributed by atoms with E-state index in [0.29, 0.717) is 5.39 Å². The number of para-hydroxylation sites is 1. The number of hydrogen-bond donors (Lipinski definition) is 1. The van der Waals surface area contributed by atoms with Gasteiger partial charge in [-0.05, 0) is 25.5 Å².